The maximum absolute atomic E-state index is 11.9. The van der Waals surface area contributed by atoms with Crippen molar-refractivity contribution in [3.05, 3.63) is 22.4 Å². The van der Waals surface area contributed by atoms with Gasteiger partial charge in [0.2, 0.25) is 5.91 Å². The Hall–Kier alpha value is -1.40. The topological polar surface area (TPSA) is 75.6 Å². The number of amides is 1. The molecule has 1 saturated heterocycles. The van der Waals surface area contributed by atoms with E-state index in [1.165, 1.54) is 11.3 Å². The number of carboxylic acid groups (broad SMARTS) is 1. The highest BCUT2D eigenvalue weighted by molar-refractivity contribution is 7.10. The molecule has 5 nitrogen and oxygen atoms in total. The van der Waals surface area contributed by atoms with Gasteiger partial charge < -0.3 is 15.2 Å². The van der Waals surface area contributed by atoms with Crippen LogP contribution in [0.25, 0.3) is 0 Å². The van der Waals surface area contributed by atoms with E-state index in [0.717, 1.165) is 19.3 Å². The fraction of sp³-hybridized carbons (Fsp3) is 0.538. The van der Waals surface area contributed by atoms with Crippen molar-refractivity contribution in [2.24, 2.45) is 0 Å². The van der Waals surface area contributed by atoms with Crippen LogP contribution < -0.4 is 5.32 Å². The number of hydrogen-bond acceptors (Lipinski definition) is 4. The number of hydrogen-bond donors (Lipinski definition) is 2. The van der Waals surface area contributed by atoms with Crippen LogP contribution in [-0.4, -0.2) is 29.7 Å². The van der Waals surface area contributed by atoms with Crippen LogP contribution in [0.15, 0.2) is 17.5 Å². The summed E-state index contributed by atoms with van der Waals surface area (Å²) in [4.78, 5) is 23.7. The number of carbonyl (C=O) groups excluding carboxylic acids is 1. The van der Waals surface area contributed by atoms with Gasteiger partial charge in [0.05, 0.1) is 12.5 Å². The summed E-state index contributed by atoms with van der Waals surface area (Å²) >= 11 is 1.32. The Bertz CT molecular complexity index is 426. The molecule has 0 aliphatic carbocycles. The average molecular weight is 283 g/mol. The lowest BCUT2D eigenvalue weighted by atomic mass is 10.1. The molecule has 1 aromatic heterocycles. The number of carboxylic acids is 1. The summed E-state index contributed by atoms with van der Waals surface area (Å²) in [5, 5.41) is 13.5. The fourth-order valence-corrected chi connectivity index (χ4v) is 2.87. The first-order valence-corrected chi connectivity index (χ1v) is 7.22. The normalized spacial score (nSPS) is 20.7. The van der Waals surface area contributed by atoms with Crippen LogP contribution in [-0.2, 0) is 14.3 Å². The zero-order chi connectivity index (χ0) is 13.7. The molecule has 1 amide bonds. The second kappa shape index (κ2) is 6.68. The third kappa shape index (κ3) is 4.04. The third-order valence-electron chi connectivity index (χ3n) is 3.07. The number of carbonyl (C=O) groups is 2. The third-order valence-corrected chi connectivity index (χ3v) is 4.00. The Kier molecular flexibility index (Phi) is 4.93. The van der Waals surface area contributed by atoms with E-state index < -0.39 is 12.0 Å². The Morgan fingerprint density at radius 2 is 2.37 bits per heavy atom. The summed E-state index contributed by atoms with van der Waals surface area (Å²) < 4.78 is 5.48. The highest BCUT2D eigenvalue weighted by Crippen LogP contribution is 2.20. The Morgan fingerprint density at radius 3 is 2.95 bits per heavy atom. The molecule has 1 aliphatic heterocycles. The molecule has 2 unspecified atom stereocenters. The minimum atomic E-state index is -1.04. The zero-order valence-electron chi connectivity index (χ0n) is 10.5. The average Bonchev–Trinajstić information content (AvgIpc) is 2.90. The quantitative estimate of drug-likeness (QED) is 0.866. The molecule has 0 spiro atoms. The highest BCUT2D eigenvalue weighted by atomic mass is 32.1. The van der Waals surface area contributed by atoms with Gasteiger partial charge in [0.15, 0.2) is 6.04 Å². The molecule has 6 heteroatoms. The van der Waals surface area contributed by atoms with Crippen LogP contribution in [0.2, 0.25) is 0 Å². The lowest BCUT2D eigenvalue weighted by molar-refractivity contribution is -0.142. The van der Waals surface area contributed by atoms with Crippen molar-refractivity contribution in [1.82, 2.24) is 5.32 Å². The van der Waals surface area contributed by atoms with Crippen LogP contribution in [0.3, 0.4) is 0 Å². The molecule has 2 atom stereocenters. The van der Waals surface area contributed by atoms with Crippen LogP contribution in [0.5, 0.6) is 0 Å². The van der Waals surface area contributed by atoms with Gasteiger partial charge in [0.1, 0.15) is 0 Å². The van der Waals surface area contributed by atoms with Gasteiger partial charge in [-0.25, -0.2) is 4.79 Å². The Balaban J connectivity index is 1.90. The molecule has 2 heterocycles. The van der Waals surface area contributed by atoms with Crippen LogP contribution in [0.4, 0.5) is 0 Å². The van der Waals surface area contributed by atoms with Gasteiger partial charge in [-0.05, 0) is 30.7 Å². The summed E-state index contributed by atoms with van der Waals surface area (Å²) in [7, 11) is 0. The molecular weight excluding hydrogens is 266 g/mol. The highest BCUT2D eigenvalue weighted by Gasteiger charge is 2.25. The monoisotopic (exact) mass is 283 g/mol. The van der Waals surface area contributed by atoms with E-state index in [2.05, 4.69) is 5.32 Å². The molecule has 1 aromatic rings. The molecule has 19 heavy (non-hydrogen) atoms. The summed E-state index contributed by atoms with van der Waals surface area (Å²) in [5.41, 5.74) is 0. The number of thiophene rings is 1. The summed E-state index contributed by atoms with van der Waals surface area (Å²) in [6.45, 7) is 0.686. The maximum Gasteiger partial charge on any atom is 0.331 e. The Labute approximate surface area is 115 Å². The van der Waals surface area contributed by atoms with Crippen molar-refractivity contribution in [1.29, 1.82) is 0 Å². The lowest BCUT2D eigenvalue weighted by Gasteiger charge is -2.22. The zero-order valence-corrected chi connectivity index (χ0v) is 11.3. The maximum atomic E-state index is 11.9. The van der Waals surface area contributed by atoms with E-state index in [-0.39, 0.29) is 18.4 Å². The van der Waals surface area contributed by atoms with Gasteiger partial charge >= 0.3 is 5.97 Å². The summed E-state index contributed by atoms with van der Waals surface area (Å²) in [5.74, 6) is -1.31. The number of aliphatic carboxylic acids is 1. The first-order chi connectivity index (χ1) is 9.16. The number of nitrogens with one attached hydrogen (secondary N) is 1. The molecule has 0 radical (unpaired) electrons. The molecule has 0 saturated carbocycles. The van der Waals surface area contributed by atoms with Crippen LogP contribution >= 0.6 is 11.3 Å². The van der Waals surface area contributed by atoms with E-state index in [4.69, 9.17) is 9.84 Å². The molecule has 0 bridgehead atoms. The minimum absolute atomic E-state index is 0.0773. The van der Waals surface area contributed by atoms with Gasteiger partial charge in [0, 0.05) is 11.5 Å². The van der Waals surface area contributed by atoms with E-state index in [0.29, 0.717) is 11.5 Å². The summed E-state index contributed by atoms with van der Waals surface area (Å²) in [6, 6.07) is 2.52. The largest absolute Gasteiger partial charge is 0.479 e. The van der Waals surface area contributed by atoms with E-state index in [1.54, 1.807) is 17.5 Å². The molecule has 104 valence electrons. The van der Waals surface area contributed by atoms with Gasteiger partial charge in [0.25, 0.3) is 0 Å². The van der Waals surface area contributed by atoms with Crippen molar-refractivity contribution in [3.63, 3.8) is 0 Å². The van der Waals surface area contributed by atoms with Crippen molar-refractivity contribution >= 4 is 23.2 Å². The standard InChI is InChI=1S/C13H17NO4S/c15-11(8-9-4-1-2-6-18-9)14-12(13(16)17)10-5-3-7-19-10/h3,5,7,9,12H,1-2,4,6,8H2,(H,14,15)(H,16,17). The van der Waals surface area contributed by atoms with Crippen molar-refractivity contribution in [2.75, 3.05) is 6.61 Å². The SMILES string of the molecule is O=C(CC1CCCCO1)NC(C(=O)O)c1cccs1. The second-order valence-corrected chi connectivity index (χ2v) is 5.53. The van der Waals surface area contributed by atoms with Gasteiger partial charge in [-0.2, -0.15) is 0 Å². The predicted molar refractivity (Wildman–Crippen MR) is 71.0 cm³/mol. The van der Waals surface area contributed by atoms with Gasteiger partial charge in [-0.15, -0.1) is 11.3 Å². The fourth-order valence-electron chi connectivity index (χ4n) is 2.11. The minimum Gasteiger partial charge on any atom is -0.479 e. The number of ether oxygens (including phenoxy) is 1. The van der Waals surface area contributed by atoms with Crippen LogP contribution in [0, 0.1) is 0 Å². The molecular formula is C13H17NO4S. The predicted octanol–water partition coefficient (Wildman–Crippen LogP) is 1.95. The molecule has 2 N–H and O–H groups in total. The van der Waals surface area contributed by atoms with Gasteiger partial charge in [-0.1, -0.05) is 6.07 Å². The second-order valence-electron chi connectivity index (χ2n) is 4.55. The molecule has 2 rings (SSSR count). The molecule has 1 fully saturated rings. The van der Waals surface area contributed by atoms with Crippen molar-refractivity contribution < 1.29 is 19.4 Å². The van der Waals surface area contributed by atoms with E-state index in [9.17, 15) is 9.59 Å². The lowest BCUT2D eigenvalue weighted by Crippen LogP contribution is -2.36. The smallest absolute Gasteiger partial charge is 0.331 e. The molecule has 1 aliphatic rings. The Morgan fingerprint density at radius 1 is 1.53 bits per heavy atom. The van der Waals surface area contributed by atoms with Crippen molar-refractivity contribution in [2.45, 2.75) is 37.8 Å². The van der Waals surface area contributed by atoms with Gasteiger partial charge in [-0.3, -0.25) is 4.79 Å². The first kappa shape index (κ1) is 14.0. The van der Waals surface area contributed by atoms with E-state index >= 15 is 0 Å². The first-order valence-electron chi connectivity index (χ1n) is 6.34. The number of rotatable bonds is 5. The van der Waals surface area contributed by atoms with E-state index in [1.807, 2.05) is 0 Å². The summed E-state index contributed by atoms with van der Waals surface area (Å²) in [6.07, 6.45) is 3.11. The van der Waals surface area contributed by atoms with Crippen LogP contribution in [0.1, 0.15) is 36.6 Å². The molecule has 0 aromatic carbocycles. The van der Waals surface area contributed by atoms with Crippen molar-refractivity contribution in [3.8, 4) is 0 Å².